The molecule has 0 saturated carbocycles. The molecule has 1 saturated heterocycles. The van der Waals surface area contributed by atoms with Gasteiger partial charge in [0.1, 0.15) is 13.2 Å². The molecule has 2 aromatic heterocycles. The van der Waals surface area contributed by atoms with E-state index in [1.807, 2.05) is 67.6 Å². The minimum Gasteiger partial charge on any atom is -0.486 e. The lowest BCUT2D eigenvalue weighted by molar-refractivity contribution is -0.120. The van der Waals surface area contributed by atoms with Crippen molar-refractivity contribution in [3.05, 3.63) is 60.7 Å². The van der Waals surface area contributed by atoms with Gasteiger partial charge in [-0.3, -0.25) is 9.69 Å². The number of hydrogen-bond acceptors (Lipinski definition) is 7. The predicted octanol–water partition coefficient (Wildman–Crippen LogP) is 4.33. The summed E-state index contributed by atoms with van der Waals surface area (Å²) in [4.78, 5) is 19.6. The Morgan fingerprint density at radius 1 is 0.944 bits per heavy atom. The zero-order valence-corrected chi connectivity index (χ0v) is 20.1. The van der Waals surface area contributed by atoms with Gasteiger partial charge in [-0.2, -0.15) is 4.98 Å². The van der Waals surface area contributed by atoms with E-state index in [-0.39, 0.29) is 11.9 Å². The molecule has 9 heteroatoms. The van der Waals surface area contributed by atoms with Gasteiger partial charge in [0.05, 0.1) is 11.7 Å². The number of carbonyl (C=O) groups is 1. The van der Waals surface area contributed by atoms with Crippen LogP contribution in [0, 0.1) is 0 Å². The quantitative estimate of drug-likeness (QED) is 0.421. The summed E-state index contributed by atoms with van der Waals surface area (Å²) in [6.45, 7) is 5.01. The van der Waals surface area contributed by atoms with E-state index in [1.165, 1.54) is 0 Å². The SMILES string of the molecule is CC(C(=O)Nc1cccc(Nc2nc3cccc(-c4ccc5c(c4)OCCO5)n3n2)c1)N1CCCC1. The molecule has 0 radical (unpaired) electrons. The van der Waals surface area contributed by atoms with Crippen LogP contribution in [0.25, 0.3) is 16.9 Å². The summed E-state index contributed by atoms with van der Waals surface area (Å²) in [6.07, 6.45) is 2.30. The molecular formula is C27H28N6O3. The van der Waals surface area contributed by atoms with Crippen molar-refractivity contribution in [2.45, 2.75) is 25.8 Å². The highest BCUT2D eigenvalue weighted by Crippen LogP contribution is 2.34. The molecule has 1 fully saturated rings. The topological polar surface area (TPSA) is 93.0 Å². The van der Waals surface area contributed by atoms with E-state index in [1.54, 1.807) is 4.52 Å². The van der Waals surface area contributed by atoms with Gasteiger partial charge in [-0.15, -0.1) is 5.10 Å². The number of fused-ring (bicyclic) bond motifs is 2. The van der Waals surface area contributed by atoms with Gasteiger partial charge >= 0.3 is 0 Å². The summed E-state index contributed by atoms with van der Waals surface area (Å²) < 4.78 is 13.2. The second-order valence-corrected chi connectivity index (χ2v) is 9.09. The van der Waals surface area contributed by atoms with E-state index >= 15 is 0 Å². The normalized spacial score (nSPS) is 16.1. The second-order valence-electron chi connectivity index (χ2n) is 9.09. The first-order chi connectivity index (χ1) is 17.6. The van der Waals surface area contributed by atoms with E-state index in [0.717, 1.165) is 60.1 Å². The average Bonchev–Trinajstić information content (AvgIpc) is 3.58. The lowest BCUT2D eigenvalue weighted by Gasteiger charge is -2.22. The van der Waals surface area contributed by atoms with Gasteiger partial charge in [-0.25, -0.2) is 4.52 Å². The van der Waals surface area contributed by atoms with Crippen LogP contribution in [0.1, 0.15) is 19.8 Å². The number of nitrogens with zero attached hydrogens (tertiary/aromatic N) is 4. The van der Waals surface area contributed by atoms with E-state index in [4.69, 9.17) is 14.6 Å². The molecule has 2 aliphatic rings. The van der Waals surface area contributed by atoms with Crippen molar-refractivity contribution in [1.82, 2.24) is 19.5 Å². The molecule has 6 rings (SSSR count). The number of rotatable bonds is 6. The first-order valence-corrected chi connectivity index (χ1v) is 12.3. The van der Waals surface area contributed by atoms with Crippen molar-refractivity contribution < 1.29 is 14.3 Å². The zero-order chi connectivity index (χ0) is 24.5. The predicted molar refractivity (Wildman–Crippen MR) is 138 cm³/mol. The minimum absolute atomic E-state index is 0.00368. The Labute approximate surface area is 209 Å². The summed E-state index contributed by atoms with van der Waals surface area (Å²) in [5.41, 5.74) is 4.09. The number of aromatic nitrogens is 3. The number of amides is 1. The molecule has 0 aliphatic carbocycles. The number of carbonyl (C=O) groups excluding carboxylic acids is 1. The highest BCUT2D eigenvalue weighted by molar-refractivity contribution is 5.95. The number of anilines is 3. The lowest BCUT2D eigenvalue weighted by atomic mass is 10.1. The van der Waals surface area contributed by atoms with Crippen molar-refractivity contribution in [1.29, 1.82) is 0 Å². The molecular weight excluding hydrogens is 456 g/mol. The molecule has 1 unspecified atom stereocenters. The fourth-order valence-electron chi connectivity index (χ4n) is 4.72. The Morgan fingerprint density at radius 3 is 2.58 bits per heavy atom. The lowest BCUT2D eigenvalue weighted by Crippen LogP contribution is -2.40. The number of ether oxygens (including phenoxy) is 2. The maximum absolute atomic E-state index is 12.7. The van der Waals surface area contributed by atoms with Crippen molar-refractivity contribution >= 4 is 28.9 Å². The van der Waals surface area contributed by atoms with Crippen molar-refractivity contribution in [2.24, 2.45) is 0 Å². The first kappa shape index (κ1) is 22.4. The van der Waals surface area contributed by atoms with E-state index in [9.17, 15) is 4.79 Å². The van der Waals surface area contributed by atoms with Crippen LogP contribution >= 0.6 is 0 Å². The van der Waals surface area contributed by atoms with Crippen LogP contribution in [-0.2, 0) is 4.79 Å². The summed E-state index contributed by atoms with van der Waals surface area (Å²) in [7, 11) is 0. The molecule has 4 aromatic rings. The van der Waals surface area contributed by atoms with Crippen LogP contribution in [0.2, 0.25) is 0 Å². The monoisotopic (exact) mass is 484 g/mol. The highest BCUT2D eigenvalue weighted by Gasteiger charge is 2.24. The summed E-state index contributed by atoms with van der Waals surface area (Å²) in [5.74, 6) is 1.95. The van der Waals surface area contributed by atoms with Gasteiger partial charge in [-0.1, -0.05) is 12.1 Å². The number of hydrogen-bond donors (Lipinski definition) is 2. The van der Waals surface area contributed by atoms with E-state index < -0.39 is 0 Å². The first-order valence-electron chi connectivity index (χ1n) is 12.3. The number of benzene rings is 2. The largest absolute Gasteiger partial charge is 0.486 e. The van der Waals surface area contributed by atoms with Crippen LogP contribution < -0.4 is 20.1 Å². The molecule has 2 aliphatic heterocycles. The van der Waals surface area contributed by atoms with Gasteiger partial charge in [0, 0.05) is 16.9 Å². The molecule has 1 atom stereocenters. The molecule has 4 heterocycles. The van der Waals surface area contributed by atoms with Crippen LogP contribution in [0.15, 0.2) is 60.7 Å². The third kappa shape index (κ3) is 4.45. The van der Waals surface area contributed by atoms with Gasteiger partial charge in [0.25, 0.3) is 0 Å². The Balaban J connectivity index is 1.21. The molecule has 1 amide bonds. The van der Waals surface area contributed by atoms with Crippen LogP contribution in [-0.4, -0.2) is 57.8 Å². The van der Waals surface area contributed by atoms with E-state index in [0.29, 0.717) is 24.8 Å². The third-order valence-corrected chi connectivity index (χ3v) is 6.65. The molecule has 184 valence electrons. The molecule has 2 N–H and O–H groups in total. The fraction of sp³-hybridized carbons (Fsp3) is 0.296. The Kier molecular flexibility index (Phi) is 5.90. The van der Waals surface area contributed by atoms with Crippen molar-refractivity contribution in [2.75, 3.05) is 36.9 Å². The van der Waals surface area contributed by atoms with Gasteiger partial charge < -0.3 is 20.1 Å². The Hall–Kier alpha value is -4.11. The number of likely N-dealkylation sites (tertiary alicyclic amines) is 1. The van der Waals surface area contributed by atoms with Crippen molar-refractivity contribution in [3.8, 4) is 22.8 Å². The molecule has 9 nitrogen and oxygen atoms in total. The second kappa shape index (κ2) is 9.50. The standard InChI is InChI=1S/C27H28N6O3/c1-18(32-12-2-3-13-32)26(34)28-20-6-4-7-21(17-20)29-27-30-25-9-5-8-22(33(25)31-27)19-10-11-23-24(16-19)36-15-14-35-23/h4-11,16-18H,2-3,12-15H2,1H3,(H,28,34)(H,29,31). The Bertz CT molecular complexity index is 1410. The third-order valence-electron chi connectivity index (χ3n) is 6.65. The van der Waals surface area contributed by atoms with Crippen LogP contribution in [0.4, 0.5) is 17.3 Å². The van der Waals surface area contributed by atoms with Gasteiger partial charge in [0.15, 0.2) is 17.1 Å². The minimum atomic E-state index is -0.150. The van der Waals surface area contributed by atoms with Gasteiger partial charge in [-0.05, 0) is 81.4 Å². The number of nitrogens with one attached hydrogen (secondary N) is 2. The summed E-state index contributed by atoms with van der Waals surface area (Å²) in [6, 6.07) is 19.2. The molecule has 0 spiro atoms. The van der Waals surface area contributed by atoms with E-state index in [2.05, 4.69) is 20.5 Å². The molecule has 0 bridgehead atoms. The van der Waals surface area contributed by atoms with Crippen molar-refractivity contribution in [3.63, 3.8) is 0 Å². The zero-order valence-electron chi connectivity index (χ0n) is 20.1. The highest BCUT2D eigenvalue weighted by atomic mass is 16.6. The maximum Gasteiger partial charge on any atom is 0.247 e. The van der Waals surface area contributed by atoms with Gasteiger partial charge in [0.2, 0.25) is 11.9 Å². The summed E-state index contributed by atoms with van der Waals surface area (Å²) in [5, 5.41) is 11.0. The molecule has 2 aromatic carbocycles. The fourth-order valence-corrected chi connectivity index (χ4v) is 4.72. The van der Waals surface area contributed by atoms with Crippen LogP contribution in [0.5, 0.6) is 11.5 Å². The molecule has 36 heavy (non-hydrogen) atoms. The smallest absolute Gasteiger partial charge is 0.247 e. The van der Waals surface area contributed by atoms with Crippen LogP contribution in [0.3, 0.4) is 0 Å². The Morgan fingerprint density at radius 2 is 1.72 bits per heavy atom. The number of pyridine rings is 1. The summed E-state index contributed by atoms with van der Waals surface area (Å²) >= 11 is 0. The maximum atomic E-state index is 12.7. The average molecular weight is 485 g/mol.